The van der Waals surface area contributed by atoms with Crippen LogP contribution in [0.4, 0.5) is 5.69 Å². The lowest BCUT2D eigenvalue weighted by atomic mass is 9.90. The van der Waals surface area contributed by atoms with Crippen molar-refractivity contribution in [2.24, 2.45) is 0 Å². The SMILES string of the molecule is O=C(Nc1ccccc1C(=O)NC1CCC2(CC1)OCCO2)c1cccs1. The third kappa shape index (κ3) is 4.05. The summed E-state index contributed by atoms with van der Waals surface area (Å²) >= 11 is 1.37. The standard InChI is InChI=1S/C20H22N2O4S/c23-18(21-14-7-9-20(10-8-14)25-11-12-26-20)15-4-1-2-5-16(15)22-19(24)17-6-3-13-27-17/h1-6,13-14H,7-12H2,(H,21,23)(H,22,24). The molecule has 2 fully saturated rings. The van der Waals surface area contributed by atoms with E-state index >= 15 is 0 Å². The van der Waals surface area contributed by atoms with E-state index in [4.69, 9.17) is 9.47 Å². The molecule has 0 radical (unpaired) electrons. The number of hydrogen-bond acceptors (Lipinski definition) is 5. The lowest BCUT2D eigenvalue weighted by molar-refractivity contribution is -0.179. The minimum Gasteiger partial charge on any atom is -0.349 e. The van der Waals surface area contributed by atoms with Gasteiger partial charge in [0.05, 0.1) is 29.3 Å². The predicted molar refractivity (Wildman–Crippen MR) is 103 cm³/mol. The van der Waals surface area contributed by atoms with E-state index in [-0.39, 0.29) is 17.9 Å². The molecule has 1 saturated heterocycles. The summed E-state index contributed by atoms with van der Waals surface area (Å²) in [5.74, 6) is -0.819. The van der Waals surface area contributed by atoms with Crippen molar-refractivity contribution in [1.82, 2.24) is 5.32 Å². The molecule has 1 saturated carbocycles. The Bertz CT molecular complexity index is 805. The van der Waals surface area contributed by atoms with Crippen LogP contribution in [0.25, 0.3) is 0 Å². The number of amides is 2. The van der Waals surface area contributed by atoms with Crippen LogP contribution in [0.2, 0.25) is 0 Å². The number of nitrogens with one attached hydrogen (secondary N) is 2. The zero-order valence-corrected chi connectivity index (χ0v) is 15.7. The van der Waals surface area contributed by atoms with Crippen LogP contribution in [0.3, 0.4) is 0 Å². The molecule has 4 rings (SSSR count). The molecular weight excluding hydrogens is 364 g/mol. The molecule has 2 N–H and O–H groups in total. The molecule has 2 heterocycles. The van der Waals surface area contributed by atoms with Gasteiger partial charge in [0, 0.05) is 18.9 Å². The highest BCUT2D eigenvalue weighted by molar-refractivity contribution is 7.12. The van der Waals surface area contributed by atoms with Gasteiger partial charge in [-0.2, -0.15) is 0 Å². The summed E-state index contributed by atoms with van der Waals surface area (Å²) < 4.78 is 11.5. The Balaban J connectivity index is 1.40. The van der Waals surface area contributed by atoms with Crippen molar-refractivity contribution in [3.05, 3.63) is 52.2 Å². The minimum absolute atomic E-state index is 0.0805. The van der Waals surface area contributed by atoms with E-state index < -0.39 is 5.79 Å². The molecule has 0 bridgehead atoms. The van der Waals surface area contributed by atoms with Gasteiger partial charge in [0.1, 0.15) is 0 Å². The van der Waals surface area contributed by atoms with Gasteiger partial charge in [0.25, 0.3) is 11.8 Å². The highest BCUT2D eigenvalue weighted by Crippen LogP contribution is 2.35. The lowest BCUT2D eigenvalue weighted by Gasteiger charge is -2.35. The Hall–Kier alpha value is -2.22. The number of carbonyl (C=O) groups is 2. The summed E-state index contributed by atoms with van der Waals surface area (Å²) in [7, 11) is 0. The number of anilines is 1. The highest BCUT2D eigenvalue weighted by atomic mass is 32.1. The molecule has 1 aliphatic heterocycles. The first-order valence-corrected chi connectivity index (χ1v) is 10.1. The maximum absolute atomic E-state index is 12.8. The average Bonchev–Trinajstić information content (AvgIpc) is 3.37. The first-order chi connectivity index (χ1) is 13.2. The zero-order chi connectivity index (χ0) is 18.7. The van der Waals surface area contributed by atoms with E-state index in [9.17, 15) is 9.59 Å². The topological polar surface area (TPSA) is 76.7 Å². The van der Waals surface area contributed by atoms with Gasteiger partial charge in [0.15, 0.2) is 5.79 Å². The predicted octanol–water partition coefficient (Wildman–Crippen LogP) is 3.42. The van der Waals surface area contributed by atoms with Crippen molar-refractivity contribution in [2.75, 3.05) is 18.5 Å². The first kappa shape index (κ1) is 18.2. The van der Waals surface area contributed by atoms with Crippen LogP contribution in [-0.2, 0) is 9.47 Å². The number of thiophene rings is 1. The lowest BCUT2D eigenvalue weighted by Crippen LogP contribution is -2.44. The Morgan fingerprint density at radius 1 is 1.00 bits per heavy atom. The molecule has 2 aliphatic rings. The third-order valence-corrected chi connectivity index (χ3v) is 5.93. The summed E-state index contributed by atoms with van der Waals surface area (Å²) in [4.78, 5) is 25.7. The molecule has 142 valence electrons. The summed E-state index contributed by atoms with van der Waals surface area (Å²) in [5.41, 5.74) is 0.985. The second-order valence-electron chi connectivity index (χ2n) is 6.83. The van der Waals surface area contributed by atoms with Crippen LogP contribution in [0, 0.1) is 0 Å². The number of para-hydroxylation sites is 1. The number of ether oxygens (including phenoxy) is 2. The zero-order valence-electron chi connectivity index (χ0n) is 14.9. The largest absolute Gasteiger partial charge is 0.349 e. The van der Waals surface area contributed by atoms with Crippen LogP contribution in [0.15, 0.2) is 41.8 Å². The van der Waals surface area contributed by atoms with Gasteiger partial charge in [-0.3, -0.25) is 9.59 Å². The molecule has 27 heavy (non-hydrogen) atoms. The molecule has 7 heteroatoms. The smallest absolute Gasteiger partial charge is 0.265 e. The number of carbonyl (C=O) groups excluding carboxylic acids is 2. The summed E-state index contributed by atoms with van der Waals surface area (Å²) in [5, 5.41) is 7.78. The summed E-state index contributed by atoms with van der Waals surface area (Å²) in [6, 6.07) is 10.7. The number of hydrogen-bond donors (Lipinski definition) is 2. The fraction of sp³-hybridized carbons (Fsp3) is 0.400. The monoisotopic (exact) mass is 386 g/mol. The second-order valence-corrected chi connectivity index (χ2v) is 7.78. The van der Waals surface area contributed by atoms with Gasteiger partial charge in [-0.25, -0.2) is 0 Å². The third-order valence-electron chi connectivity index (χ3n) is 5.06. The van der Waals surface area contributed by atoms with E-state index in [2.05, 4.69) is 10.6 Å². The van der Waals surface area contributed by atoms with Gasteiger partial charge in [-0.15, -0.1) is 11.3 Å². The van der Waals surface area contributed by atoms with Crippen LogP contribution in [-0.4, -0.2) is 36.9 Å². The Kier molecular flexibility index (Phi) is 5.24. The number of rotatable bonds is 4. The van der Waals surface area contributed by atoms with Gasteiger partial charge in [0.2, 0.25) is 0 Å². The molecule has 1 aliphatic carbocycles. The van der Waals surface area contributed by atoms with Crippen molar-refractivity contribution in [2.45, 2.75) is 37.5 Å². The molecule has 1 aromatic heterocycles. The maximum atomic E-state index is 12.8. The van der Waals surface area contributed by atoms with E-state index in [1.165, 1.54) is 11.3 Å². The van der Waals surface area contributed by atoms with Crippen LogP contribution in [0.1, 0.15) is 45.7 Å². The van der Waals surface area contributed by atoms with Crippen molar-refractivity contribution in [3.8, 4) is 0 Å². The highest BCUT2D eigenvalue weighted by Gasteiger charge is 2.40. The molecular formula is C20H22N2O4S. The Labute approximate surface area is 161 Å². The van der Waals surface area contributed by atoms with Gasteiger partial charge in [-0.1, -0.05) is 18.2 Å². The van der Waals surface area contributed by atoms with Crippen molar-refractivity contribution >= 4 is 28.8 Å². The first-order valence-electron chi connectivity index (χ1n) is 9.18. The fourth-order valence-corrected chi connectivity index (χ4v) is 4.25. The van der Waals surface area contributed by atoms with E-state index in [1.807, 2.05) is 11.4 Å². The average molecular weight is 386 g/mol. The maximum Gasteiger partial charge on any atom is 0.265 e. The van der Waals surface area contributed by atoms with E-state index in [0.29, 0.717) is 29.3 Å². The minimum atomic E-state index is -0.437. The second kappa shape index (κ2) is 7.80. The number of benzene rings is 1. The summed E-state index contributed by atoms with van der Waals surface area (Å²) in [6.45, 7) is 1.29. The van der Waals surface area contributed by atoms with Crippen LogP contribution in [0.5, 0.6) is 0 Å². The summed E-state index contributed by atoms with van der Waals surface area (Å²) in [6.07, 6.45) is 3.20. The van der Waals surface area contributed by atoms with Gasteiger partial charge < -0.3 is 20.1 Å². The fourth-order valence-electron chi connectivity index (χ4n) is 3.63. The van der Waals surface area contributed by atoms with Crippen molar-refractivity contribution < 1.29 is 19.1 Å². The Morgan fingerprint density at radius 3 is 2.44 bits per heavy atom. The molecule has 0 unspecified atom stereocenters. The van der Waals surface area contributed by atoms with Crippen molar-refractivity contribution in [1.29, 1.82) is 0 Å². The van der Waals surface area contributed by atoms with Crippen molar-refractivity contribution in [3.63, 3.8) is 0 Å². The normalized spacial score (nSPS) is 19.1. The van der Waals surface area contributed by atoms with Gasteiger partial charge in [-0.05, 0) is 36.4 Å². The van der Waals surface area contributed by atoms with Gasteiger partial charge >= 0.3 is 0 Å². The molecule has 2 aromatic rings. The molecule has 2 amide bonds. The van der Waals surface area contributed by atoms with E-state index in [0.717, 1.165) is 25.7 Å². The Morgan fingerprint density at radius 2 is 1.74 bits per heavy atom. The molecule has 6 nitrogen and oxygen atoms in total. The molecule has 0 atom stereocenters. The van der Waals surface area contributed by atoms with E-state index in [1.54, 1.807) is 30.3 Å². The quantitative estimate of drug-likeness (QED) is 0.844. The molecule has 1 spiro atoms. The van der Waals surface area contributed by atoms with Crippen LogP contribution < -0.4 is 10.6 Å². The van der Waals surface area contributed by atoms with Crippen LogP contribution >= 0.6 is 11.3 Å². The molecule has 1 aromatic carbocycles.